The molecular weight excluding hydrogens is 294 g/mol. The van der Waals surface area contributed by atoms with E-state index >= 15 is 0 Å². The van der Waals surface area contributed by atoms with E-state index in [9.17, 15) is 13.2 Å². The minimum atomic E-state index is -4.36. The van der Waals surface area contributed by atoms with Crippen molar-refractivity contribution in [3.8, 4) is 6.07 Å². The number of hydrogen-bond donors (Lipinski definition) is 3. The van der Waals surface area contributed by atoms with Gasteiger partial charge in [0.05, 0.1) is 4.90 Å². The van der Waals surface area contributed by atoms with E-state index in [-0.39, 0.29) is 16.2 Å². The van der Waals surface area contributed by atoms with Gasteiger partial charge in [-0.25, -0.2) is 0 Å². The van der Waals surface area contributed by atoms with Crippen LogP contribution in [0.25, 0.3) is 0 Å². The summed E-state index contributed by atoms with van der Waals surface area (Å²) in [7, 11) is -4.36. The SMILES string of the molecule is C=CCN/C=C(/C#N)C(=O)Nc1cccc(S(=O)(=O)O)c1. The van der Waals surface area contributed by atoms with Crippen LogP contribution in [0.15, 0.2) is 53.6 Å². The molecule has 21 heavy (non-hydrogen) atoms. The standard InChI is InChI=1S/C13H13N3O4S/c1-2-6-15-9-10(8-14)13(17)16-11-4-3-5-12(7-11)21(18,19)20/h2-5,7,9,15H,1,6H2,(H,16,17)(H,18,19,20)/b10-9-. The number of carbonyl (C=O) groups is 1. The smallest absolute Gasteiger partial charge is 0.294 e. The van der Waals surface area contributed by atoms with E-state index in [2.05, 4.69) is 17.2 Å². The molecule has 0 bridgehead atoms. The number of benzene rings is 1. The quantitative estimate of drug-likeness (QED) is 0.238. The molecule has 0 spiro atoms. The molecule has 0 aliphatic rings. The van der Waals surface area contributed by atoms with Crippen molar-refractivity contribution in [1.29, 1.82) is 5.26 Å². The van der Waals surface area contributed by atoms with Gasteiger partial charge in [-0.3, -0.25) is 9.35 Å². The third kappa shape index (κ3) is 5.10. The van der Waals surface area contributed by atoms with Gasteiger partial charge >= 0.3 is 0 Å². The molecule has 0 aliphatic heterocycles. The molecule has 0 atom stereocenters. The molecule has 8 heteroatoms. The molecule has 1 aromatic carbocycles. The van der Waals surface area contributed by atoms with Crippen molar-refractivity contribution in [2.75, 3.05) is 11.9 Å². The summed E-state index contributed by atoms with van der Waals surface area (Å²) in [4.78, 5) is 11.5. The maximum atomic E-state index is 11.8. The normalized spacial score (nSPS) is 11.3. The number of hydrogen-bond acceptors (Lipinski definition) is 5. The monoisotopic (exact) mass is 307 g/mol. The Labute approximate surface area is 122 Å². The van der Waals surface area contributed by atoms with Gasteiger partial charge in [-0.15, -0.1) is 6.58 Å². The number of nitrogens with zero attached hydrogens (tertiary/aromatic N) is 1. The Morgan fingerprint density at radius 1 is 1.48 bits per heavy atom. The van der Waals surface area contributed by atoms with Gasteiger partial charge in [-0.2, -0.15) is 13.7 Å². The second-order valence-corrected chi connectivity index (χ2v) is 5.25. The minimum absolute atomic E-state index is 0.139. The number of anilines is 1. The van der Waals surface area contributed by atoms with E-state index in [4.69, 9.17) is 9.81 Å². The Bertz CT molecular complexity index is 717. The van der Waals surface area contributed by atoms with Crippen molar-refractivity contribution in [3.05, 3.63) is 48.7 Å². The minimum Gasteiger partial charge on any atom is -0.386 e. The van der Waals surface area contributed by atoms with Crippen LogP contribution < -0.4 is 10.6 Å². The Hall–Kier alpha value is -2.63. The molecule has 1 amide bonds. The molecule has 110 valence electrons. The first kappa shape index (κ1) is 16.4. The highest BCUT2D eigenvalue weighted by Crippen LogP contribution is 2.15. The second-order valence-electron chi connectivity index (χ2n) is 3.82. The molecule has 0 saturated carbocycles. The molecule has 7 nitrogen and oxygen atoms in total. The summed E-state index contributed by atoms with van der Waals surface area (Å²) in [5, 5.41) is 13.9. The summed E-state index contributed by atoms with van der Waals surface area (Å²) in [5.41, 5.74) is -0.0471. The maximum Gasteiger partial charge on any atom is 0.294 e. The van der Waals surface area contributed by atoms with Gasteiger partial charge in [-0.1, -0.05) is 12.1 Å². The highest BCUT2D eigenvalue weighted by molar-refractivity contribution is 7.85. The van der Waals surface area contributed by atoms with Crippen molar-refractivity contribution in [2.24, 2.45) is 0 Å². The van der Waals surface area contributed by atoms with Crippen LogP contribution in [0.3, 0.4) is 0 Å². The summed E-state index contributed by atoms with van der Waals surface area (Å²) in [5.74, 6) is -0.707. The van der Waals surface area contributed by atoms with Crippen molar-refractivity contribution >= 4 is 21.7 Å². The largest absolute Gasteiger partial charge is 0.386 e. The Morgan fingerprint density at radius 3 is 2.76 bits per heavy atom. The third-order valence-electron chi connectivity index (χ3n) is 2.26. The van der Waals surface area contributed by atoms with Crippen LogP contribution in [0.2, 0.25) is 0 Å². The molecule has 0 fully saturated rings. The second kappa shape index (κ2) is 7.23. The highest BCUT2D eigenvalue weighted by atomic mass is 32.2. The average Bonchev–Trinajstić information content (AvgIpc) is 2.43. The molecule has 0 radical (unpaired) electrons. The molecule has 0 aromatic heterocycles. The van der Waals surface area contributed by atoms with Crippen LogP contribution in [0.4, 0.5) is 5.69 Å². The lowest BCUT2D eigenvalue weighted by atomic mass is 10.2. The predicted molar refractivity (Wildman–Crippen MR) is 76.8 cm³/mol. The fraction of sp³-hybridized carbons (Fsp3) is 0.0769. The van der Waals surface area contributed by atoms with E-state index in [0.29, 0.717) is 6.54 Å². The molecule has 0 unspecified atom stereocenters. The summed E-state index contributed by atoms with van der Waals surface area (Å²) in [6.45, 7) is 3.86. The Balaban J connectivity index is 2.90. The lowest BCUT2D eigenvalue weighted by Crippen LogP contribution is -2.17. The van der Waals surface area contributed by atoms with Gasteiger partial charge < -0.3 is 10.6 Å². The highest BCUT2D eigenvalue weighted by Gasteiger charge is 2.12. The predicted octanol–water partition coefficient (Wildman–Crippen LogP) is 1.05. The number of carbonyl (C=O) groups excluding carboxylic acids is 1. The summed E-state index contributed by atoms with van der Waals surface area (Å²) < 4.78 is 30.9. The van der Waals surface area contributed by atoms with Crippen LogP contribution in [0, 0.1) is 11.3 Å². The zero-order valence-corrected chi connectivity index (χ0v) is 11.7. The van der Waals surface area contributed by atoms with Crippen LogP contribution in [0.1, 0.15) is 0 Å². The average molecular weight is 307 g/mol. The molecule has 0 aliphatic carbocycles. The first-order valence-corrected chi connectivity index (χ1v) is 7.16. The van der Waals surface area contributed by atoms with Gasteiger partial charge in [0.2, 0.25) is 0 Å². The van der Waals surface area contributed by atoms with Gasteiger partial charge in [0.1, 0.15) is 11.6 Å². The fourth-order valence-corrected chi connectivity index (χ4v) is 1.85. The van der Waals surface area contributed by atoms with E-state index in [1.54, 1.807) is 12.1 Å². The first-order valence-electron chi connectivity index (χ1n) is 5.72. The third-order valence-corrected chi connectivity index (χ3v) is 3.11. The topological polar surface area (TPSA) is 119 Å². The van der Waals surface area contributed by atoms with Gasteiger partial charge in [0.15, 0.2) is 0 Å². The van der Waals surface area contributed by atoms with Gasteiger partial charge in [-0.05, 0) is 18.2 Å². The molecule has 1 aromatic rings. The molecule has 0 heterocycles. The number of rotatable bonds is 6. The van der Waals surface area contributed by atoms with Gasteiger partial charge in [0.25, 0.3) is 16.0 Å². The van der Waals surface area contributed by atoms with E-state index < -0.39 is 16.0 Å². The summed E-state index contributed by atoms with van der Waals surface area (Å²) in [6.07, 6.45) is 2.78. The van der Waals surface area contributed by atoms with Crippen molar-refractivity contribution in [1.82, 2.24) is 5.32 Å². The maximum absolute atomic E-state index is 11.8. The summed E-state index contributed by atoms with van der Waals surface area (Å²) >= 11 is 0. The van der Waals surface area contributed by atoms with Crippen LogP contribution >= 0.6 is 0 Å². The van der Waals surface area contributed by atoms with Crippen molar-refractivity contribution in [2.45, 2.75) is 4.90 Å². The Kier molecular flexibility index (Phi) is 5.66. The van der Waals surface area contributed by atoms with Crippen molar-refractivity contribution < 1.29 is 17.8 Å². The zero-order valence-electron chi connectivity index (χ0n) is 10.9. The van der Waals surface area contributed by atoms with Crippen molar-refractivity contribution in [3.63, 3.8) is 0 Å². The lowest BCUT2D eigenvalue weighted by molar-refractivity contribution is -0.112. The number of amides is 1. The molecule has 1 rings (SSSR count). The van der Waals surface area contributed by atoms with Crippen LogP contribution in [-0.2, 0) is 14.9 Å². The van der Waals surface area contributed by atoms with Gasteiger partial charge in [0, 0.05) is 18.4 Å². The number of nitriles is 1. The van der Waals surface area contributed by atoms with Crippen LogP contribution in [0.5, 0.6) is 0 Å². The van der Waals surface area contributed by atoms with E-state index in [1.165, 1.54) is 24.4 Å². The van der Waals surface area contributed by atoms with E-state index in [0.717, 1.165) is 6.07 Å². The molecule has 0 saturated heterocycles. The summed E-state index contributed by atoms with van der Waals surface area (Å²) in [6, 6.07) is 6.75. The van der Waals surface area contributed by atoms with E-state index in [1.807, 2.05) is 0 Å². The zero-order chi connectivity index (χ0) is 15.9. The lowest BCUT2D eigenvalue weighted by Gasteiger charge is -2.06. The number of nitrogens with one attached hydrogen (secondary N) is 2. The Morgan fingerprint density at radius 2 is 2.19 bits per heavy atom. The van der Waals surface area contributed by atoms with Crippen LogP contribution in [-0.4, -0.2) is 25.4 Å². The fourth-order valence-electron chi connectivity index (χ4n) is 1.33. The molecule has 3 N–H and O–H groups in total. The first-order chi connectivity index (χ1) is 9.88. The molecular formula is C13H13N3O4S.